The van der Waals surface area contributed by atoms with Gasteiger partial charge in [0.15, 0.2) is 5.13 Å². The molecule has 3 rings (SSSR count). The predicted octanol–water partition coefficient (Wildman–Crippen LogP) is 3.94. The molecule has 0 amide bonds. The van der Waals surface area contributed by atoms with Gasteiger partial charge in [0.1, 0.15) is 0 Å². The molecular formula is C15H15N3S2. The molecule has 0 aliphatic heterocycles. The zero-order valence-corrected chi connectivity index (χ0v) is 12.8. The van der Waals surface area contributed by atoms with Crippen LogP contribution in [0.25, 0.3) is 10.6 Å². The van der Waals surface area contributed by atoms with Crippen LogP contribution in [0.2, 0.25) is 0 Å². The van der Waals surface area contributed by atoms with Crippen LogP contribution >= 0.6 is 22.7 Å². The smallest absolute Gasteiger partial charge is 0.180 e. The number of thiazole rings is 2. The number of rotatable bonds is 4. The highest BCUT2D eigenvalue weighted by Gasteiger charge is 2.12. The van der Waals surface area contributed by atoms with Crippen LogP contribution in [0.1, 0.15) is 16.3 Å². The standard InChI is InChI=1S/C15H15N3S2/c1-10-14(12-9-19-15(16)18-12)20-13(17-10)8-7-11-5-3-2-4-6-11/h2-6,9H,7-8H2,1H3,(H2,16,18). The van der Waals surface area contributed by atoms with Gasteiger partial charge >= 0.3 is 0 Å². The fraction of sp³-hybridized carbons (Fsp3) is 0.200. The Bertz CT molecular complexity index is 701. The number of benzene rings is 1. The SMILES string of the molecule is Cc1nc(CCc2ccccc2)sc1-c1csc(N)n1. The van der Waals surface area contributed by atoms with Crippen molar-refractivity contribution in [1.29, 1.82) is 0 Å². The first-order valence-corrected chi connectivity index (χ1v) is 8.13. The largest absolute Gasteiger partial charge is 0.375 e. The zero-order chi connectivity index (χ0) is 13.9. The van der Waals surface area contributed by atoms with E-state index < -0.39 is 0 Å². The second-order valence-corrected chi connectivity index (χ2v) is 6.55. The summed E-state index contributed by atoms with van der Waals surface area (Å²) in [6, 6.07) is 10.5. The van der Waals surface area contributed by atoms with Crippen LogP contribution in [0.3, 0.4) is 0 Å². The summed E-state index contributed by atoms with van der Waals surface area (Å²) >= 11 is 3.20. The lowest BCUT2D eigenvalue weighted by molar-refractivity contribution is 0.937. The molecule has 0 bridgehead atoms. The number of nitrogens with two attached hydrogens (primary N) is 1. The lowest BCUT2D eigenvalue weighted by Gasteiger charge is -1.97. The summed E-state index contributed by atoms with van der Waals surface area (Å²) < 4.78 is 0. The first-order chi connectivity index (χ1) is 9.72. The molecule has 5 heteroatoms. The minimum absolute atomic E-state index is 0.610. The van der Waals surface area contributed by atoms with Crippen molar-refractivity contribution >= 4 is 27.8 Å². The van der Waals surface area contributed by atoms with Gasteiger partial charge in [0.05, 0.1) is 21.3 Å². The first kappa shape index (κ1) is 13.3. The normalized spacial score (nSPS) is 10.8. The monoisotopic (exact) mass is 301 g/mol. The third kappa shape index (κ3) is 2.89. The fourth-order valence-corrected chi connectivity index (χ4v) is 3.74. The fourth-order valence-electron chi connectivity index (χ4n) is 2.08. The molecule has 0 aliphatic carbocycles. The molecule has 20 heavy (non-hydrogen) atoms. The molecular weight excluding hydrogens is 286 g/mol. The van der Waals surface area contributed by atoms with Gasteiger partial charge in [0, 0.05) is 11.8 Å². The van der Waals surface area contributed by atoms with Crippen molar-refractivity contribution in [1.82, 2.24) is 9.97 Å². The Kier molecular flexibility index (Phi) is 3.80. The highest BCUT2D eigenvalue weighted by molar-refractivity contribution is 7.16. The van der Waals surface area contributed by atoms with Crippen molar-refractivity contribution in [2.45, 2.75) is 19.8 Å². The van der Waals surface area contributed by atoms with Crippen molar-refractivity contribution in [3.05, 3.63) is 52.0 Å². The first-order valence-electron chi connectivity index (χ1n) is 6.44. The lowest BCUT2D eigenvalue weighted by Crippen LogP contribution is -1.90. The Morgan fingerprint density at radius 2 is 1.90 bits per heavy atom. The molecule has 0 saturated heterocycles. The van der Waals surface area contributed by atoms with E-state index in [2.05, 4.69) is 34.2 Å². The molecule has 0 fully saturated rings. The molecule has 2 N–H and O–H groups in total. The molecule has 1 aromatic carbocycles. The van der Waals surface area contributed by atoms with Gasteiger partial charge in [-0.3, -0.25) is 0 Å². The van der Waals surface area contributed by atoms with Crippen LogP contribution in [0.15, 0.2) is 35.7 Å². The van der Waals surface area contributed by atoms with Crippen LogP contribution in [0.5, 0.6) is 0 Å². The summed E-state index contributed by atoms with van der Waals surface area (Å²) in [5.41, 5.74) is 9.04. The van der Waals surface area contributed by atoms with Crippen LogP contribution in [0, 0.1) is 6.92 Å². The average molecular weight is 301 g/mol. The van der Waals surface area contributed by atoms with Crippen LogP contribution < -0.4 is 5.73 Å². The maximum absolute atomic E-state index is 5.70. The van der Waals surface area contributed by atoms with Gasteiger partial charge in [-0.25, -0.2) is 9.97 Å². The molecule has 3 nitrogen and oxygen atoms in total. The Hall–Kier alpha value is -1.72. The number of hydrogen-bond donors (Lipinski definition) is 1. The topological polar surface area (TPSA) is 51.8 Å². The van der Waals surface area contributed by atoms with Gasteiger partial charge in [-0.2, -0.15) is 0 Å². The summed E-state index contributed by atoms with van der Waals surface area (Å²) in [4.78, 5) is 10.1. The van der Waals surface area contributed by atoms with E-state index >= 15 is 0 Å². The number of hydrogen-bond acceptors (Lipinski definition) is 5. The average Bonchev–Trinajstić information content (AvgIpc) is 3.04. The van der Waals surface area contributed by atoms with Crippen molar-refractivity contribution < 1.29 is 0 Å². The summed E-state index contributed by atoms with van der Waals surface area (Å²) in [6.07, 6.45) is 1.99. The van der Waals surface area contributed by atoms with E-state index in [4.69, 9.17) is 5.73 Å². The van der Waals surface area contributed by atoms with Crippen LogP contribution in [0.4, 0.5) is 5.13 Å². The van der Waals surface area contributed by atoms with Gasteiger partial charge in [0.25, 0.3) is 0 Å². The Morgan fingerprint density at radius 1 is 1.10 bits per heavy atom. The summed E-state index contributed by atoms with van der Waals surface area (Å²) in [7, 11) is 0. The summed E-state index contributed by atoms with van der Waals surface area (Å²) in [5.74, 6) is 0. The van der Waals surface area contributed by atoms with E-state index in [0.717, 1.165) is 34.1 Å². The van der Waals surface area contributed by atoms with Crippen molar-refractivity contribution in [2.75, 3.05) is 5.73 Å². The van der Waals surface area contributed by atoms with Crippen LogP contribution in [-0.2, 0) is 12.8 Å². The lowest BCUT2D eigenvalue weighted by atomic mass is 10.1. The molecule has 3 aromatic rings. The minimum Gasteiger partial charge on any atom is -0.375 e. The second-order valence-electron chi connectivity index (χ2n) is 4.58. The zero-order valence-electron chi connectivity index (χ0n) is 11.2. The maximum Gasteiger partial charge on any atom is 0.180 e. The quantitative estimate of drug-likeness (QED) is 0.794. The highest BCUT2D eigenvalue weighted by atomic mass is 32.1. The van der Waals surface area contributed by atoms with E-state index in [-0.39, 0.29) is 0 Å². The molecule has 2 heterocycles. The van der Waals surface area contributed by atoms with Crippen molar-refractivity contribution in [3.63, 3.8) is 0 Å². The Labute approximate surface area is 126 Å². The molecule has 0 saturated carbocycles. The Balaban J connectivity index is 1.76. The van der Waals surface area contributed by atoms with Gasteiger partial charge in [-0.15, -0.1) is 22.7 Å². The van der Waals surface area contributed by atoms with Crippen molar-refractivity contribution in [3.8, 4) is 10.6 Å². The summed E-state index contributed by atoms with van der Waals surface area (Å²) in [6.45, 7) is 2.04. The minimum atomic E-state index is 0.610. The van der Waals surface area contributed by atoms with Gasteiger partial charge in [-0.05, 0) is 18.9 Å². The van der Waals surface area contributed by atoms with E-state index in [1.807, 2.05) is 18.4 Å². The summed E-state index contributed by atoms with van der Waals surface area (Å²) in [5, 5.41) is 3.77. The Morgan fingerprint density at radius 3 is 2.60 bits per heavy atom. The number of nitrogens with zero attached hydrogens (tertiary/aromatic N) is 2. The second kappa shape index (κ2) is 5.73. The van der Waals surface area contributed by atoms with Crippen LogP contribution in [-0.4, -0.2) is 9.97 Å². The van der Waals surface area contributed by atoms with E-state index in [1.165, 1.54) is 16.9 Å². The van der Waals surface area contributed by atoms with E-state index in [1.54, 1.807) is 11.3 Å². The molecule has 0 radical (unpaired) electrons. The molecule has 0 aliphatic rings. The third-order valence-corrected chi connectivity index (χ3v) is 4.98. The molecule has 0 unspecified atom stereocenters. The van der Waals surface area contributed by atoms with Crippen molar-refractivity contribution in [2.24, 2.45) is 0 Å². The molecule has 0 atom stereocenters. The molecule has 102 valence electrons. The number of aromatic nitrogens is 2. The number of aryl methyl sites for hydroxylation is 3. The van der Waals surface area contributed by atoms with E-state index in [9.17, 15) is 0 Å². The van der Waals surface area contributed by atoms with Gasteiger partial charge in [0.2, 0.25) is 0 Å². The molecule has 2 aromatic heterocycles. The van der Waals surface area contributed by atoms with E-state index in [0.29, 0.717) is 5.13 Å². The number of nitrogen functional groups attached to an aromatic ring is 1. The predicted molar refractivity (Wildman–Crippen MR) is 86.2 cm³/mol. The molecule has 0 spiro atoms. The number of anilines is 1. The maximum atomic E-state index is 5.70. The van der Waals surface area contributed by atoms with Gasteiger partial charge < -0.3 is 5.73 Å². The highest BCUT2D eigenvalue weighted by Crippen LogP contribution is 2.31. The van der Waals surface area contributed by atoms with Gasteiger partial charge in [-0.1, -0.05) is 30.3 Å². The third-order valence-electron chi connectivity index (χ3n) is 3.07.